The van der Waals surface area contributed by atoms with Gasteiger partial charge in [-0.25, -0.2) is 4.98 Å². The molecule has 0 amide bonds. The van der Waals surface area contributed by atoms with Crippen molar-refractivity contribution in [2.24, 2.45) is 0 Å². The lowest BCUT2D eigenvalue weighted by Gasteiger charge is -2.10. The molecule has 19 heavy (non-hydrogen) atoms. The second kappa shape index (κ2) is 4.42. The number of hydrogen-bond acceptors (Lipinski definition) is 4. The van der Waals surface area contributed by atoms with Gasteiger partial charge in [-0.05, 0) is 31.4 Å². The molecule has 0 bridgehead atoms. The van der Waals surface area contributed by atoms with Crippen LogP contribution in [0.5, 0.6) is 11.6 Å². The van der Waals surface area contributed by atoms with E-state index in [9.17, 15) is 4.79 Å². The van der Waals surface area contributed by atoms with Gasteiger partial charge in [0.2, 0.25) is 0 Å². The van der Waals surface area contributed by atoms with Crippen LogP contribution in [0.2, 0.25) is 0 Å². The maximum atomic E-state index is 12.2. The van der Waals surface area contributed by atoms with Crippen LogP contribution in [-0.2, 0) is 0 Å². The quantitative estimate of drug-likeness (QED) is 0.856. The van der Waals surface area contributed by atoms with Crippen LogP contribution in [0, 0.1) is 6.92 Å². The standard InChI is InChI=1S/C14H15N3O2/c1-9-3-2-4-11(12(9)15)19-13-14(18)17(8-7-16-13)10-5-6-10/h2-4,7-8,10H,5-6,15H2,1H3. The predicted octanol–water partition coefficient (Wildman–Crippen LogP) is 2.26. The van der Waals surface area contributed by atoms with E-state index in [4.69, 9.17) is 10.5 Å². The highest BCUT2D eigenvalue weighted by Crippen LogP contribution is 2.34. The lowest BCUT2D eigenvalue weighted by atomic mass is 10.2. The van der Waals surface area contributed by atoms with Crippen molar-refractivity contribution in [3.63, 3.8) is 0 Å². The molecule has 1 saturated carbocycles. The Bertz CT molecular complexity index is 675. The summed E-state index contributed by atoms with van der Waals surface area (Å²) in [5.74, 6) is 0.546. The van der Waals surface area contributed by atoms with Crippen LogP contribution >= 0.6 is 0 Å². The van der Waals surface area contributed by atoms with Crippen molar-refractivity contribution in [1.29, 1.82) is 0 Å². The second-order valence-corrected chi connectivity index (χ2v) is 4.76. The van der Waals surface area contributed by atoms with Crippen LogP contribution < -0.4 is 16.0 Å². The number of nitrogens with zero attached hydrogens (tertiary/aromatic N) is 2. The molecule has 0 spiro atoms. The molecular formula is C14H15N3O2. The Hall–Kier alpha value is -2.30. The Morgan fingerprint density at radius 1 is 1.42 bits per heavy atom. The van der Waals surface area contributed by atoms with Gasteiger partial charge >= 0.3 is 5.56 Å². The van der Waals surface area contributed by atoms with E-state index in [1.54, 1.807) is 23.0 Å². The molecule has 1 aliphatic carbocycles. The van der Waals surface area contributed by atoms with Crippen LogP contribution in [0.3, 0.4) is 0 Å². The zero-order valence-corrected chi connectivity index (χ0v) is 10.7. The number of anilines is 1. The third kappa shape index (κ3) is 2.19. The number of hydrogen-bond donors (Lipinski definition) is 1. The van der Waals surface area contributed by atoms with Gasteiger partial charge in [-0.2, -0.15) is 0 Å². The Labute approximate surface area is 110 Å². The number of benzene rings is 1. The molecular weight excluding hydrogens is 242 g/mol. The van der Waals surface area contributed by atoms with E-state index >= 15 is 0 Å². The average Bonchev–Trinajstić information content (AvgIpc) is 3.21. The maximum absolute atomic E-state index is 12.2. The van der Waals surface area contributed by atoms with Gasteiger partial charge in [0, 0.05) is 18.4 Å². The Morgan fingerprint density at radius 2 is 2.21 bits per heavy atom. The summed E-state index contributed by atoms with van der Waals surface area (Å²) in [6, 6.07) is 5.76. The third-order valence-electron chi connectivity index (χ3n) is 3.27. The van der Waals surface area contributed by atoms with Gasteiger partial charge in [0.15, 0.2) is 5.75 Å². The van der Waals surface area contributed by atoms with Gasteiger partial charge in [-0.15, -0.1) is 0 Å². The second-order valence-electron chi connectivity index (χ2n) is 4.76. The highest BCUT2D eigenvalue weighted by molar-refractivity contribution is 5.58. The minimum atomic E-state index is -0.203. The monoisotopic (exact) mass is 257 g/mol. The van der Waals surface area contributed by atoms with Crippen LogP contribution in [0.15, 0.2) is 35.4 Å². The van der Waals surface area contributed by atoms with Crippen LogP contribution in [-0.4, -0.2) is 9.55 Å². The number of aryl methyl sites for hydroxylation is 1. The summed E-state index contributed by atoms with van der Waals surface area (Å²) in [6.07, 6.45) is 5.36. The highest BCUT2D eigenvalue weighted by atomic mass is 16.5. The Morgan fingerprint density at radius 3 is 2.95 bits per heavy atom. The molecule has 0 unspecified atom stereocenters. The van der Waals surface area contributed by atoms with E-state index in [2.05, 4.69) is 4.98 Å². The molecule has 1 aliphatic rings. The first-order valence-corrected chi connectivity index (χ1v) is 6.27. The minimum Gasteiger partial charge on any atom is -0.432 e. The Balaban J connectivity index is 1.97. The molecule has 5 heteroatoms. The molecule has 0 aliphatic heterocycles. The largest absolute Gasteiger partial charge is 0.432 e. The molecule has 0 saturated heterocycles. The third-order valence-corrected chi connectivity index (χ3v) is 3.27. The molecule has 1 aromatic carbocycles. The fraction of sp³-hybridized carbons (Fsp3) is 0.286. The van der Waals surface area contributed by atoms with Crippen molar-refractivity contribution in [2.75, 3.05) is 5.73 Å². The lowest BCUT2D eigenvalue weighted by molar-refractivity contribution is 0.446. The molecule has 98 valence electrons. The SMILES string of the molecule is Cc1cccc(Oc2nccn(C3CC3)c2=O)c1N. The number of aromatic nitrogens is 2. The molecule has 5 nitrogen and oxygen atoms in total. The number of ether oxygens (including phenoxy) is 1. The summed E-state index contributed by atoms with van der Waals surface area (Å²) in [5, 5.41) is 0. The van der Waals surface area contributed by atoms with Crippen molar-refractivity contribution in [3.05, 3.63) is 46.5 Å². The van der Waals surface area contributed by atoms with Crippen molar-refractivity contribution in [2.45, 2.75) is 25.8 Å². The van der Waals surface area contributed by atoms with Crippen molar-refractivity contribution in [3.8, 4) is 11.6 Å². The topological polar surface area (TPSA) is 70.1 Å². The van der Waals surface area contributed by atoms with E-state index in [-0.39, 0.29) is 11.4 Å². The summed E-state index contributed by atoms with van der Waals surface area (Å²) in [4.78, 5) is 16.2. The lowest BCUT2D eigenvalue weighted by Crippen LogP contribution is -2.20. The smallest absolute Gasteiger partial charge is 0.313 e. The summed E-state index contributed by atoms with van der Waals surface area (Å²) >= 11 is 0. The number of rotatable bonds is 3. The van der Waals surface area contributed by atoms with Crippen molar-refractivity contribution < 1.29 is 4.74 Å². The van der Waals surface area contributed by atoms with Gasteiger partial charge in [0.1, 0.15) is 0 Å². The zero-order chi connectivity index (χ0) is 13.4. The van der Waals surface area contributed by atoms with Crippen molar-refractivity contribution >= 4 is 5.69 Å². The molecule has 2 N–H and O–H groups in total. The summed E-state index contributed by atoms with van der Waals surface area (Å²) in [7, 11) is 0. The first-order chi connectivity index (χ1) is 9.16. The molecule has 0 radical (unpaired) electrons. The Kier molecular flexibility index (Phi) is 2.74. The van der Waals surface area contributed by atoms with Gasteiger partial charge in [0.25, 0.3) is 5.88 Å². The van der Waals surface area contributed by atoms with E-state index < -0.39 is 0 Å². The van der Waals surface area contributed by atoms with E-state index in [0.717, 1.165) is 18.4 Å². The minimum absolute atomic E-state index is 0.0756. The molecule has 2 aromatic rings. The normalized spacial score (nSPS) is 14.4. The van der Waals surface area contributed by atoms with E-state index in [1.165, 1.54) is 0 Å². The number of nitrogen functional groups attached to an aromatic ring is 1. The maximum Gasteiger partial charge on any atom is 0.313 e. The first kappa shape index (κ1) is 11.8. The van der Waals surface area contributed by atoms with E-state index in [1.807, 2.05) is 19.1 Å². The highest BCUT2D eigenvalue weighted by Gasteiger charge is 2.25. The fourth-order valence-corrected chi connectivity index (χ4v) is 1.96. The summed E-state index contributed by atoms with van der Waals surface area (Å²) < 4.78 is 7.24. The van der Waals surface area contributed by atoms with E-state index in [0.29, 0.717) is 17.5 Å². The zero-order valence-electron chi connectivity index (χ0n) is 10.7. The molecule has 1 fully saturated rings. The van der Waals surface area contributed by atoms with Crippen LogP contribution in [0.4, 0.5) is 5.69 Å². The van der Waals surface area contributed by atoms with Gasteiger partial charge in [0.05, 0.1) is 5.69 Å². The summed E-state index contributed by atoms with van der Waals surface area (Å²) in [6.45, 7) is 1.89. The van der Waals surface area contributed by atoms with Gasteiger partial charge in [-0.1, -0.05) is 12.1 Å². The first-order valence-electron chi connectivity index (χ1n) is 6.27. The van der Waals surface area contributed by atoms with Crippen LogP contribution in [0.25, 0.3) is 0 Å². The molecule has 1 heterocycles. The average molecular weight is 257 g/mol. The summed E-state index contributed by atoms with van der Waals surface area (Å²) in [5.41, 5.74) is 7.17. The molecule has 1 aromatic heterocycles. The predicted molar refractivity (Wildman–Crippen MR) is 72.4 cm³/mol. The van der Waals surface area contributed by atoms with Gasteiger partial charge in [-0.3, -0.25) is 4.79 Å². The molecule has 0 atom stereocenters. The van der Waals surface area contributed by atoms with Gasteiger partial charge < -0.3 is 15.0 Å². The van der Waals surface area contributed by atoms with Crippen LogP contribution in [0.1, 0.15) is 24.4 Å². The molecule has 3 rings (SSSR count). The van der Waals surface area contributed by atoms with Crippen molar-refractivity contribution in [1.82, 2.24) is 9.55 Å². The number of para-hydroxylation sites is 1. The fourth-order valence-electron chi connectivity index (χ4n) is 1.96. The number of nitrogens with two attached hydrogens (primary N) is 1.